The minimum Gasteiger partial charge on any atom is -0.465 e. The van der Waals surface area contributed by atoms with Crippen molar-refractivity contribution >= 4 is 5.97 Å². The number of hydrogen-bond donors (Lipinski definition) is 0. The summed E-state index contributed by atoms with van der Waals surface area (Å²) in [5.74, 6) is 1.66. The molecule has 14 heavy (non-hydrogen) atoms. The van der Waals surface area contributed by atoms with Crippen LogP contribution in [0.15, 0.2) is 12.7 Å². The number of rotatable bonds is 2. The van der Waals surface area contributed by atoms with Gasteiger partial charge in [0.2, 0.25) is 0 Å². The Morgan fingerprint density at radius 2 is 2.36 bits per heavy atom. The molecule has 0 bridgehead atoms. The molecule has 1 heterocycles. The molecule has 0 N–H and O–H groups in total. The molecule has 2 rings (SSSR count). The second-order valence-corrected chi connectivity index (χ2v) is 4.46. The molecule has 1 aliphatic carbocycles. The monoisotopic (exact) mass is 194 g/mol. The lowest BCUT2D eigenvalue weighted by atomic mass is 9.79. The van der Waals surface area contributed by atoms with Gasteiger partial charge < -0.3 is 4.74 Å². The zero-order valence-electron chi connectivity index (χ0n) is 8.74. The third kappa shape index (κ3) is 1.37. The lowest BCUT2D eigenvalue weighted by molar-refractivity contribution is -0.160. The van der Waals surface area contributed by atoms with Gasteiger partial charge in [0.25, 0.3) is 0 Å². The molecule has 4 atom stereocenters. The van der Waals surface area contributed by atoms with Crippen LogP contribution in [-0.4, -0.2) is 12.6 Å². The second kappa shape index (κ2) is 3.76. The van der Waals surface area contributed by atoms with E-state index >= 15 is 0 Å². The SMILES string of the molecule is C=C[C@H]1COC(=O)[C@@H]2[C@@H](CC)CC[C@H]21. The van der Waals surface area contributed by atoms with Crippen molar-refractivity contribution in [1.29, 1.82) is 0 Å². The quantitative estimate of drug-likeness (QED) is 0.498. The summed E-state index contributed by atoms with van der Waals surface area (Å²) in [5.41, 5.74) is 0. The Bertz CT molecular complexity index is 247. The first-order valence-electron chi connectivity index (χ1n) is 5.57. The van der Waals surface area contributed by atoms with Crippen molar-refractivity contribution in [2.45, 2.75) is 26.2 Å². The summed E-state index contributed by atoms with van der Waals surface area (Å²) in [6.45, 7) is 6.55. The predicted molar refractivity (Wildman–Crippen MR) is 54.6 cm³/mol. The smallest absolute Gasteiger partial charge is 0.309 e. The summed E-state index contributed by atoms with van der Waals surface area (Å²) in [6, 6.07) is 0. The van der Waals surface area contributed by atoms with Crippen LogP contribution in [0.2, 0.25) is 0 Å². The first kappa shape index (κ1) is 9.75. The topological polar surface area (TPSA) is 26.3 Å². The van der Waals surface area contributed by atoms with Gasteiger partial charge in [-0.05, 0) is 24.7 Å². The van der Waals surface area contributed by atoms with Gasteiger partial charge in [-0.1, -0.05) is 19.4 Å². The molecule has 2 heteroatoms. The molecule has 0 amide bonds. The van der Waals surface area contributed by atoms with E-state index in [0.717, 1.165) is 6.42 Å². The van der Waals surface area contributed by atoms with Crippen molar-refractivity contribution in [3.63, 3.8) is 0 Å². The van der Waals surface area contributed by atoms with Crippen LogP contribution in [0, 0.1) is 23.7 Å². The summed E-state index contributed by atoms with van der Waals surface area (Å²) in [6.07, 6.45) is 5.42. The van der Waals surface area contributed by atoms with Crippen molar-refractivity contribution in [2.24, 2.45) is 23.7 Å². The zero-order chi connectivity index (χ0) is 10.1. The van der Waals surface area contributed by atoms with Gasteiger partial charge in [0, 0.05) is 5.92 Å². The Morgan fingerprint density at radius 3 is 3.00 bits per heavy atom. The van der Waals surface area contributed by atoms with Crippen LogP contribution in [0.1, 0.15) is 26.2 Å². The molecule has 2 fully saturated rings. The van der Waals surface area contributed by atoms with E-state index in [0.29, 0.717) is 24.4 Å². The molecule has 0 unspecified atom stereocenters. The molecular formula is C12H18O2. The van der Waals surface area contributed by atoms with E-state index in [1.165, 1.54) is 12.8 Å². The highest BCUT2D eigenvalue weighted by Gasteiger charge is 2.46. The van der Waals surface area contributed by atoms with Crippen LogP contribution in [-0.2, 0) is 9.53 Å². The highest BCUT2D eigenvalue weighted by atomic mass is 16.5. The van der Waals surface area contributed by atoms with Crippen LogP contribution in [0.4, 0.5) is 0 Å². The molecule has 0 aromatic rings. The molecule has 2 aliphatic rings. The Labute approximate surface area is 85.3 Å². The van der Waals surface area contributed by atoms with E-state index in [2.05, 4.69) is 13.5 Å². The predicted octanol–water partition coefficient (Wildman–Crippen LogP) is 2.40. The number of carbonyl (C=O) groups is 1. The molecule has 0 aromatic carbocycles. The lowest BCUT2D eigenvalue weighted by Crippen LogP contribution is -2.38. The molecule has 1 aliphatic heterocycles. The fourth-order valence-electron chi connectivity index (χ4n) is 3.06. The largest absolute Gasteiger partial charge is 0.465 e. The maximum Gasteiger partial charge on any atom is 0.309 e. The number of hydrogen-bond acceptors (Lipinski definition) is 2. The van der Waals surface area contributed by atoms with Gasteiger partial charge in [-0.15, -0.1) is 6.58 Å². The minimum atomic E-state index is 0.0393. The molecule has 1 saturated heterocycles. The van der Waals surface area contributed by atoms with Crippen LogP contribution in [0.25, 0.3) is 0 Å². The van der Waals surface area contributed by atoms with E-state index in [1.807, 2.05) is 6.08 Å². The number of ether oxygens (including phenoxy) is 1. The third-order valence-corrected chi connectivity index (χ3v) is 3.91. The van der Waals surface area contributed by atoms with E-state index in [9.17, 15) is 4.79 Å². The van der Waals surface area contributed by atoms with Crippen LogP contribution >= 0.6 is 0 Å². The number of esters is 1. The summed E-state index contributed by atoms with van der Waals surface area (Å²) in [4.78, 5) is 11.7. The first-order valence-corrected chi connectivity index (χ1v) is 5.57. The van der Waals surface area contributed by atoms with Crippen molar-refractivity contribution in [3.05, 3.63) is 12.7 Å². The summed E-state index contributed by atoms with van der Waals surface area (Å²) in [7, 11) is 0. The molecule has 2 nitrogen and oxygen atoms in total. The maximum absolute atomic E-state index is 11.7. The Morgan fingerprint density at radius 1 is 1.57 bits per heavy atom. The molecule has 0 aromatic heterocycles. The van der Waals surface area contributed by atoms with Gasteiger partial charge >= 0.3 is 5.97 Å². The summed E-state index contributed by atoms with van der Waals surface area (Å²) >= 11 is 0. The molecule has 0 spiro atoms. The van der Waals surface area contributed by atoms with Gasteiger partial charge in [-0.25, -0.2) is 0 Å². The van der Waals surface area contributed by atoms with Gasteiger partial charge in [0.05, 0.1) is 12.5 Å². The van der Waals surface area contributed by atoms with Crippen LogP contribution in [0.3, 0.4) is 0 Å². The van der Waals surface area contributed by atoms with E-state index in [4.69, 9.17) is 4.74 Å². The number of cyclic esters (lactones) is 1. The Kier molecular flexibility index (Phi) is 2.62. The van der Waals surface area contributed by atoms with Crippen molar-refractivity contribution in [2.75, 3.05) is 6.61 Å². The summed E-state index contributed by atoms with van der Waals surface area (Å²) < 4.78 is 5.22. The Hall–Kier alpha value is -0.790. The highest BCUT2D eigenvalue weighted by Crippen LogP contribution is 2.46. The molecular weight excluding hydrogens is 176 g/mol. The van der Waals surface area contributed by atoms with Crippen molar-refractivity contribution < 1.29 is 9.53 Å². The molecule has 78 valence electrons. The second-order valence-electron chi connectivity index (χ2n) is 4.46. The standard InChI is InChI=1S/C12H18O2/c1-3-8-5-6-10-9(4-2)7-14-12(13)11(8)10/h4,8-11H,2-3,5-7H2,1H3/t8-,9-,10-,11+/m0/s1. The highest BCUT2D eigenvalue weighted by molar-refractivity contribution is 5.74. The Balaban J connectivity index is 2.18. The fourth-order valence-corrected chi connectivity index (χ4v) is 3.06. The van der Waals surface area contributed by atoms with Crippen molar-refractivity contribution in [1.82, 2.24) is 0 Å². The minimum absolute atomic E-state index is 0.0393. The van der Waals surface area contributed by atoms with E-state index < -0.39 is 0 Å². The maximum atomic E-state index is 11.7. The zero-order valence-corrected chi connectivity index (χ0v) is 8.74. The average molecular weight is 194 g/mol. The summed E-state index contributed by atoms with van der Waals surface area (Å²) in [5, 5.41) is 0. The van der Waals surface area contributed by atoms with Gasteiger partial charge in [0.1, 0.15) is 0 Å². The number of carbonyl (C=O) groups excluding carboxylic acids is 1. The van der Waals surface area contributed by atoms with Crippen LogP contribution in [0.5, 0.6) is 0 Å². The van der Waals surface area contributed by atoms with Crippen molar-refractivity contribution in [3.8, 4) is 0 Å². The average Bonchev–Trinajstić information content (AvgIpc) is 2.63. The van der Waals surface area contributed by atoms with Gasteiger partial charge in [0.15, 0.2) is 0 Å². The number of fused-ring (bicyclic) bond motifs is 1. The van der Waals surface area contributed by atoms with Gasteiger partial charge in [-0.3, -0.25) is 4.79 Å². The first-order chi connectivity index (χ1) is 6.77. The third-order valence-electron chi connectivity index (χ3n) is 3.91. The van der Waals surface area contributed by atoms with E-state index in [1.54, 1.807) is 0 Å². The molecule has 0 radical (unpaired) electrons. The normalized spacial score (nSPS) is 41.6. The fraction of sp³-hybridized carbons (Fsp3) is 0.750. The van der Waals surface area contributed by atoms with Gasteiger partial charge in [-0.2, -0.15) is 0 Å². The van der Waals surface area contributed by atoms with Crippen LogP contribution < -0.4 is 0 Å². The molecule has 1 saturated carbocycles. The van der Waals surface area contributed by atoms with E-state index in [-0.39, 0.29) is 11.9 Å². The lowest BCUT2D eigenvalue weighted by Gasteiger charge is -2.32.